The number of aromatic amines is 1. The molecular weight excluding hydrogens is 335 g/mol. The molecule has 0 fully saturated rings. The van der Waals surface area contributed by atoms with Gasteiger partial charge in [0.2, 0.25) is 0 Å². The molecule has 3 rings (SSSR count). The molecule has 1 aromatic heterocycles. The third-order valence-electron chi connectivity index (χ3n) is 2.60. The van der Waals surface area contributed by atoms with Crippen LogP contribution in [0.15, 0.2) is 40.9 Å². The number of halogens is 3. The van der Waals surface area contributed by atoms with Gasteiger partial charge in [0.1, 0.15) is 11.3 Å². The number of benzene rings is 2. The van der Waals surface area contributed by atoms with Crippen LogP contribution < -0.4 is 0 Å². The first-order chi connectivity index (χ1) is 8.63. The largest absolute Gasteiger partial charge is 0.338 e. The molecule has 2 nitrogen and oxygen atoms in total. The van der Waals surface area contributed by atoms with Gasteiger partial charge in [-0.1, -0.05) is 35.3 Å². The van der Waals surface area contributed by atoms with E-state index in [-0.39, 0.29) is 0 Å². The minimum atomic E-state index is 0.663. The molecule has 0 saturated carbocycles. The van der Waals surface area contributed by atoms with Crippen LogP contribution >= 0.6 is 39.1 Å². The molecule has 3 aromatic rings. The van der Waals surface area contributed by atoms with Crippen molar-refractivity contribution < 1.29 is 0 Å². The van der Waals surface area contributed by atoms with Crippen LogP contribution in [0.3, 0.4) is 0 Å². The summed E-state index contributed by atoms with van der Waals surface area (Å²) in [6.45, 7) is 0. The quantitative estimate of drug-likeness (QED) is 0.639. The highest BCUT2D eigenvalue weighted by atomic mass is 79.9. The molecule has 0 aliphatic rings. The fourth-order valence-electron chi connectivity index (χ4n) is 1.81. The molecule has 0 radical (unpaired) electrons. The molecule has 5 heteroatoms. The van der Waals surface area contributed by atoms with Gasteiger partial charge in [0.15, 0.2) is 0 Å². The third-order valence-corrected chi connectivity index (χ3v) is 3.66. The molecule has 0 amide bonds. The standard InChI is InChI=1S/C13H7BrCl2N2/c14-10-5-9(16)6-11-12(10)18-13(17-11)7-2-1-3-8(15)4-7/h1-6H,(H,17,18). The van der Waals surface area contributed by atoms with E-state index in [2.05, 4.69) is 25.9 Å². The van der Waals surface area contributed by atoms with Crippen LogP contribution in [0.1, 0.15) is 0 Å². The number of nitrogens with one attached hydrogen (secondary N) is 1. The fraction of sp³-hybridized carbons (Fsp3) is 0. The molecular formula is C13H7BrCl2N2. The van der Waals surface area contributed by atoms with Gasteiger partial charge in [-0.25, -0.2) is 4.98 Å². The van der Waals surface area contributed by atoms with E-state index in [0.29, 0.717) is 10.0 Å². The van der Waals surface area contributed by atoms with Crippen molar-refractivity contribution in [2.24, 2.45) is 0 Å². The van der Waals surface area contributed by atoms with Crippen LogP contribution in [0, 0.1) is 0 Å². The van der Waals surface area contributed by atoms with Crippen molar-refractivity contribution >= 4 is 50.2 Å². The van der Waals surface area contributed by atoms with Crippen molar-refractivity contribution in [1.82, 2.24) is 9.97 Å². The summed E-state index contributed by atoms with van der Waals surface area (Å²) < 4.78 is 0.870. The Kier molecular flexibility index (Phi) is 3.06. The zero-order valence-electron chi connectivity index (χ0n) is 9.05. The Labute approximate surface area is 122 Å². The van der Waals surface area contributed by atoms with Crippen LogP contribution in [0.4, 0.5) is 0 Å². The number of rotatable bonds is 1. The van der Waals surface area contributed by atoms with Crippen LogP contribution in [0.5, 0.6) is 0 Å². The number of hydrogen-bond acceptors (Lipinski definition) is 1. The minimum Gasteiger partial charge on any atom is -0.338 e. The molecule has 0 spiro atoms. The molecule has 1 N–H and O–H groups in total. The number of imidazole rings is 1. The third kappa shape index (κ3) is 2.14. The van der Waals surface area contributed by atoms with Crippen molar-refractivity contribution in [1.29, 1.82) is 0 Å². The minimum absolute atomic E-state index is 0.663. The second-order valence-corrected chi connectivity index (χ2v) is 5.61. The Morgan fingerprint density at radius 1 is 1.06 bits per heavy atom. The number of fused-ring (bicyclic) bond motifs is 1. The zero-order valence-corrected chi connectivity index (χ0v) is 12.1. The van der Waals surface area contributed by atoms with E-state index >= 15 is 0 Å². The van der Waals surface area contributed by atoms with E-state index in [1.165, 1.54) is 0 Å². The number of hydrogen-bond donors (Lipinski definition) is 1. The van der Waals surface area contributed by atoms with Crippen molar-refractivity contribution in [2.45, 2.75) is 0 Å². The van der Waals surface area contributed by atoms with Gasteiger partial charge >= 0.3 is 0 Å². The maximum atomic E-state index is 6.01. The Morgan fingerprint density at radius 3 is 2.67 bits per heavy atom. The lowest BCUT2D eigenvalue weighted by Crippen LogP contribution is -1.79. The van der Waals surface area contributed by atoms with Crippen molar-refractivity contribution in [3.63, 3.8) is 0 Å². The Morgan fingerprint density at radius 2 is 1.89 bits per heavy atom. The molecule has 18 heavy (non-hydrogen) atoms. The lowest BCUT2D eigenvalue weighted by atomic mass is 10.2. The van der Waals surface area contributed by atoms with Gasteiger partial charge in [-0.15, -0.1) is 0 Å². The summed E-state index contributed by atoms with van der Waals surface area (Å²) in [5.74, 6) is 0.774. The van der Waals surface area contributed by atoms with Gasteiger partial charge in [-0.05, 0) is 40.2 Å². The van der Waals surface area contributed by atoms with Gasteiger partial charge in [0.05, 0.1) is 5.52 Å². The van der Waals surface area contributed by atoms with Crippen LogP contribution in [0.25, 0.3) is 22.4 Å². The van der Waals surface area contributed by atoms with Crippen molar-refractivity contribution in [3.8, 4) is 11.4 Å². The molecule has 0 saturated heterocycles. The summed E-state index contributed by atoms with van der Waals surface area (Å²) in [4.78, 5) is 7.78. The highest BCUT2D eigenvalue weighted by Crippen LogP contribution is 2.29. The first-order valence-electron chi connectivity index (χ1n) is 5.24. The molecule has 1 heterocycles. The predicted molar refractivity (Wildman–Crippen MR) is 79.2 cm³/mol. The van der Waals surface area contributed by atoms with Crippen LogP contribution in [0.2, 0.25) is 10.0 Å². The molecule has 0 aliphatic heterocycles. The molecule has 2 aromatic carbocycles. The van der Waals surface area contributed by atoms with E-state index in [1.807, 2.05) is 36.4 Å². The Bertz CT molecular complexity index is 737. The summed E-state index contributed by atoms with van der Waals surface area (Å²) in [5.41, 5.74) is 2.69. The monoisotopic (exact) mass is 340 g/mol. The SMILES string of the molecule is Clc1cccc(-c2nc3c(Br)cc(Cl)cc3[nH]2)c1. The summed E-state index contributed by atoms with van der Waals surface area (Å²) in [5, 5.41) is 1.35. The van der Waals surface area contributed by atoms with Gasteiger partial charge in [0.25, 0.3) is 0 Å². The van der Waals surface area contributed by atoms with Gasteiger partial charge in [0, 0.05) is 20.1 Å². The van der Waals surface area contributed by atoms with Crippen molar-refractivity contribution in [3.05, 3.63) is 50.9 Å². The van der Waals surface area contributed by atoms with E-state index in [0.717, 1.165) is 26.9 Å². The number of aromatic nitrogens is 2. The summed E-state index contributed by atoms with van der Waals surface area (Å²) in [7, 11) is 0. The van der Waals surface area contributed by atoms with Crippen LogP contribution in [-0.4, -0.2) is 9.97 Å². The average Bonchev–Trinajstić information content (AvgIpc) is 2.73. The first-order valence-corrected chi connectivity index (χ1v) is 6.79. The first kappa shape index (κ1) is 12.0. The molecule has 0 atom stereocenters. The molecule has 0 bridgehead atoms. The topological polar surface area (TPSA) is 28.7 Å². The molecule has 0 aliphatic carbocycles. The summed E-state index contributed by atoms with van der Waals surface area (Å²) >= 11 is 15.4. The van der Waals surface area contributed by atoms with Crippen LogP contribution in [-0.2, 0) is 0 Å². The zero-order chi connectivity index (χ0) is 12.7. The predicted octanol–water partition coefficient (Wildman–Crippen LogP) is 5.30. The number of nitrogens with zero attached hydrogens (tertiary/aromatic N) is 1. The van der Waals surface area contributed by atoms with E-state index in [4.69, 9.17) is 23.2 Å². The Balaban J connectivity index is 2.22. The van der Waals surface area contributed by atoms with E-state index < -0.39 is 0 Å². The lowest BCUT2D eigenvalue weighted by Gasteiger charge is -1.96. The van der Waals surface area contributed by atoms with Gasteiger partial charge in [-0.3, -0.25) is 0 Å². The number of H-pyrrole nitrogens is 1. The average molecular weight is 342 g/mol. The van der Waals surface area contributed by atoms with E-state index in [9.17, 15) is 0 Å². The molecule has 0 unspecified atom stereocenters. The van der Waals surface area contributed by atoms with Gasteiger partial charge < -0.3 is 4.98 Å². The van der Waals surface area contributed by atoms with Gasteiger partial charge in [-0.2, -0.15) is 0 Å². The Hall–Kier alpha value is -1.03. The molecule has 90 valence electrons. The van der Waals surface area contributed by atoms with Crippen molar-refractivity contribution in [2.75, 3.05) is 0 Å². The highest BCUT2D eigenvalue weighted by molar-refractivity contribution is 9.10. The summed E-state index contributed by atoms with van der Waals surface area (Å²) in [6.07, 6.45) is 0. The fourth-order valence-corrected chi connectivity index (χ4v) is 2.90. The maximum absolute atomic E-state index is 6.01. The normalized spacial score (nSPS) is 11.1. The summed E-state index contributed by atoms with van der Waals surface area (Å²) in [6, 6.07) is 11.2. The second-order valence-electron chi connectivity index (χ2n) is 3.88. The maximum Gasteiger partial charge on any atom is 0.138 e. The van der Waals surface area contributed by atoms with E-state index in [1.54, 1.807) is 0 Å². The lowest BCUT2D eigenvalue weighted by molar-refractivity contribution is 1.33. The highest BCUT2D eigenvalue weighted by Gasteiger charge is 2.09. The smallest absolute Gasteiger partial charge is 0.138 e. The second kappa shape index (κ2) is 4.57.